The van der Waals surface area contributed by atoms with Crippen LogP contribution in [0.5, 0.6) is 0 Å². The summed E-state index contributed by atoms with van der Waals surface area (Å²) in [7, 11) is 0. The van der Waals surface area contributed by atoms with Crippen molar-refractivity contribution in [1.29, 1.82) is 0 Å². The van der Waals surface area contributed by atoms with Gasteiger partial charge in [-0.1, -0.05) is 27.7 Å². The van der Waals surface area contributed by atoms with Gasteiger partial charge < -0.3 is 10.6 Å². The van der Waals surface area contributed by atoms with Crippen molar-refractivity contribution in [3.8, 4) is 0 Å². The number of hydrogen-bond acceptors (Lipinski definition) is 3. The van der Waals surface area contributed by atoms with Gasteiger partial charge in [0.1, 0.15) is 0 Å². The summed E-state index contributed by atoms with van der Waals surface area (Å²) in [6.07, 6.45) is 1.92. The number of halogens is 2. The fourth-order valence-electron chi connectivity index (χ4n) is 2.84. The highest BCUT2D eigenvalue weighted by atomic mass is 35.5. The molecule has 1 fully saturated rings. The second-order valence-electron chi connectivity index (χ2n) is 5.67. The van der Waals surface area contributed by atoms with Gasteiger partial charge in [0.2, 0.25) is 5.91 Å². The molecule has 1 saturated heterocycles. The van der Waals surface area contributed by atoms with Gasteiger partial charge in [0.15, 0.2) is 0 Å². The minimum atomic E-state index is 0. The Morgan fingerprint density at radius 1 is 1.30 bits per heavy atom. The lowest BCUT2D eigenvalue weighted by Gasteiger charge is -2.32. The molecule has 0 aromatic heterocycles. The van der Waals surface area contributed by atoms with Crippen molar-refractivity contribution in [3.05, 3.63) is 0 Å². The Morgan fingerprint density at radius 2 is 1.85 bits per heavy atom. The van der Waals surface area contributed by atoms with Crippen molar-refractivity contribution in [2.75, 3.05) is 32.7 Å². The van der Waals surface area contributed by atoms with Crippen LogP contribution in [-0.2, 0) is 4.79 Å². The summed E-state index contributed by atoms with van der Waals surface area (Å²) in [5, 5.41) is 0. The number of likely N-dealkylation sites (tertiary alicyclic amines) is 1. The average molecular weight is 328 g/mol. The van der Waals surface area contributed by atoms with Gasteiger partial charge in [-0.3, -0.25) is 9.69 Å². The smallest absolute Gasteiger partial charge is 0.239 e. The first-order valence-electron chi connectivity index (χ1n) is 7.24. The van der Waals surface area contributed by atoms with Crippen LogP contribution in [0.3, 0.4) is 0 Å². The number of likely N-dealkylation sites (N-methyl/N-ethyl adjacent to an activating group) is 1. The van der Waals surface area contributed by atoms with E-state index in [0.29, 0.717) is 12.5 Å². The third-order valence-electron chi connectivity index (χ3n) is 4.29. The molecule has 2 atom stereocenters. The number of nitrogens with zero attached hydrogens (tertiary/aromatic N) is 2. The Bertz CT molecular complexity index is 288. The molecule has 1 rings (SSSR count). The van der Waals surface area contributed by atoms with Crippen LogP contribution in [0.4, 0.5) is 0 Å². The number of hydrogen-bond donors (Lipinski definition) is 1. The highest BCUT2D eigenvalue weighted by Gasteiger charge is 2.37. The summed E-state index contributed by atoms with van der Waals surface area (Å²) in [6.45, 7) is 12.7. The maximum atomic E-state index is 12.6. The van der Waals surface area contributed by atoms with E-state index in [9.17, 15) is 4.79 Å². The lowest BCUT2D eigenvalue weighted by molar-refractivity contribution is -0.136. The number of nitrogens with two attached hydrogens (primary N) is 1. The van der Waals surface area contributed by atoms with Gasteiger partial charge in [-0.05, 0) is 37.9 Å². The Balaban J connectivity index is 0. The Morgan fingerprint density at radius 3 is 2.20 bits per heavy atom. The number of amides is 1. The maximum absolute atomic E-state index is 12.6. The summed E-state index contributed by atoms with van der Waals surface area (Å²) >= 11 is 0. The molecule has 122 valence electrons. The molecule has 1 heterocycles. The molecule has 2 unspecified atom stereocenters. The lowest BCUT2D eigenvalue weighted by atomic mass is 9.90. The molecule has 0 aromatic rings. The molecule has 4 nitrogen and oxygen atoms in total. The monoisotopic (exact) mass is 327 g/mol. The van der Waals surface area contributed by atoms with E-state index >= 15 is 0 Å². The molecule has 0 radical (unpaired) electrons. The van der Waals surface area contributed by atoms with E-state index < -0.39 is 0 Å². The van der Waals surface area contributed by atoms with Crippen LogP contribution in [0.2, 0.25) is 0 Å². The first-order valence-corrected chi connectivity index (χ1v) is 7.24. The standard InChI is InChI=1S/C14H29N3O.2ClH/c1-5-12(16(6-2)7-3)13(18)17-9-8-14(4,10-15)11-17;;/h12H,5-11,15H2,1-4H3;2*1H. The Kier molecular flexibility index (Phi) is 10.9. The second-order valence-corrected chi connectivity index (χ2v) is 5.67. The predicted molar refractivity (Wildman–Crippen MR) is 89.9 cm³/mol. The summed E-state index contributed by atoms with van der Waals surface area (Å²) in [5.74, 6) is 0.290. The van der Waals surface area contributed by atoms with Gasteiger partial charge in [0.05, 0.1) is 6.04 Å². The van der Waals surface area contributed by atoms with Crippen LogP contribution in [0, 0.1) is 5.41 Å². The minimum Gasteiger partial charge on any atom is -0.341 e. The SMILES string of the molecule is CCC(C(=O)N1CCC(C)(CN)C1)N(CC)CC.Cl.Cl. The van der Waals surface area contributed by atoms with Crippen molar-refractivity contribution >= 4 is 30.7 Å². The quantitative estimate of drug-likeness (QED) is 0.813. The van der Waals surface area contributed by atoms with E-state index in [-0.39, 0.29) is 36.3 Å². The largest absolute Gasteiger partial charge is 0.341 e. The van der Waals surface area contributed by atoms with Crippen LogP contribution >= 0.6 is 24.8 Å². The molecule has 1 aliphatic heterocycles. The van der Waals surface area contributed by atoms with E-state index in [1.165, 1.54) is 0 Å². The fraction of sp³-hybridized carbons (Fsp3) is 0.929. The topological polar surface area (TPSA) is 49.6 Å². The van der Waals surface area contributed by atoms with Gasteiger partial charge in [0, 0.05) is 13.1 Å². The van der Waals surface area contributed by atoms with E-state index in [2.05, 4.69) is 32.6 Å². The van der Waals surface area contributed by atoms with Gasteiger partial charge >= 0.3 is 0 Å². The summed E-state index contributed by atoms with van der Waals surface area (Å²) in [6, 6.07) is 0.0418. The molecule has 20 heavy (non-hydrogen) atoms. The molecule has 1 amide bonds. The normalized spacial score (nSPS) is 23.2. The molecule has 6 heteroatoms. The minimum absolute atomic E-state index is 0. The number of carbonyl (C=O) groups excluding carboxylic acids is 1. The van der Waals surface area contributed by atoms with Gasteiger partial charge in [0.25, 0.3) is 0 Å². The fourth-order valence-corrected chi connectivity index (χ4v) is 2.84. The third-order valence-corrected chi connectivity index (χ3v) is 4.29. The zero-order valence-electron chi connectivity index (χ0n) is 13.2. The van der Waals surface area contributed by atoms with E-state index in [4.69, 9.17) is 5.73 Å². The molecule has 0 bridgehead atoms. The predicted octanol–water partition coefficient (Wildman–Crippen LogP) is 2.15. The first kappa shape index (κ1) is 22.3. The molecule has 0 aromatic carbocycles. The molecule has 1 aliphatic rings. The van der Waals surface area contributed by atoms with Gasteiger partial charge in [-0.2, -0.15) is 0 Å². The molecule has 0 saturated carbocycles. The van der Waals surface area contributed by atoms with Crippen LogP contribution in [-0.4, -0.2) is 54.5 Å². The van der Waals surface area contributed by atoms with Crippen LogP contribution < -0.4 is 5.73 Å². The van der Waals surface area contributed by atoms with Crippen molar-refractivity contribution in [1.82, 2.24) is 9.80 Å². The molecule has 0 spiro atoms. The molecule has 2 N–H and O–H groups in total. The van der Waals surface area contributed by atoms with Gasteiger partial charge in [-0.25, -0.2) is 0 Å². The molecule has 0 aliphatic carbocycles. The van der Waals surface area contributed by atoms with Crippen molar-refractivity contribution in [3.63, 3.8) is 0 Å². The van der Waals surface area contributed by atoms with E-state index in [1.54, 1.807) is 0 Å². The third kappa shape index (κ3) is 5.06. The van der Waals surface area contributed by atoms with Crippen molar-refractivity contribution in [2.24, 2.45) is 11.1 Å². The zero-order chi connectivity index (χ0) is 13.8. The van der Waals surface area contributed by atoms with Crippen molar-refractivity contribution in [2.45, 2.75) is 46.6 Å². The summed E-state index contributed by atoms with van der Waals surface area (Å²) in [5.41, 5.74) is 5.93. The highest BCUT2D eigenvalue weighted by molar-refractivity contribution is 5.85. The molecular weight excluding hydrogens is 297 g/mol. The average Bonchev–Trinajstić information content (AvgIpc) is 2.78. The Labute approximate surface area is 136 Å². The summed E-state index contributed by atoms with van der Waals surface area (Å²) < 4.78 is 0. The number of rotatable bonds is 6. The maximum Gasteiger partial charge on any atom is 0.239 e. The van der Waals surface area contributed by atoms with Crippen LogP contribution in [0.15, 0.2) is 0 Å². The summed E-state index contributed by atoms with van der Waals surface area (Å²) in [4.78, 5) is 16.8. The van der Waals surface area contributed by atoms with E-state index in [1.807, 2.05) is 4.90 Å². The van der Waals surface area contributed by atoms with Crippen LogP contribution in [0.25, 0.3) is 0 Å². The first-order chi connectivity index (χ1) is 8.51. The number of carbonyl (C=O) groups is 1. The highest BCUT2D eigenvalue weighted by Crippen LogP contribution is 2.29. The second kappa shape index (κ2) is 9.82. The molecular formula is C14H31Cl2N3O. The van der Waals surface area contributed by atoms with Gasteiger partial charge in [-0.15, -0.1) is 24.8 Å². The van der Waals surface area contributed by atoms with Crippen LogP contribution in [0.1, 0.15) is 40.5 Å². The lowest BCUT2D eigenvalue weighted by Crippen LogP contribution is -2.48. The van der Waals surface area contributed by atoms with Crippen molar-refractivity contribution < 1.29 is 4.79 Å². The zero-order valence-corrected chi connectivity index (χ0v) is 14.9. The van der Waals surface area contributed by atoms with E-state index in [0.717, 1.165) is 39.0 Å². The Hall–Kier alpha value is -0.0300.